The summed E-state index contributed by atoms with van der Waals surface area (Å²) < 4.78 is 22.5. The number of nitrogen functional groups attached to an aromatic ring is 1. The third-order valence-corrected chi connectivity index (χ3v) is 6.33. The quantitative estimate of drug-likeness (QED) is 0.253. The first-order valence-electron chi connectivity index (χ1n) is 10.3. The van der Waals surface area contributed by atoms with E-state index in [4.69, 9.17) is 27.7 Å². The summed E-state index contributed by atoms with van der Waals surface area (Å²) in [5.41, 5.74) is 10.6. The van der Waals surface area contributed by atoms with E-state index in [1.807, 2.05) is 54.6 Å². The van der Waals surface area contributed by atoms with Crippen molar-refractivity contribution in [2.75, 3.05) is 12.8 Å². The molecule has 0 unspecified atom stereocenters. The number of anilines is 1. The van der Waals surface area contributed by atoms with E-state index in [0.717, 1.165) is 32.6 Å². The second-order valence-corrected chi connectivity index (χ2v) is 8.84. The molecule has 0 fully saturated rings. The average molecular weight is 533 g/mol. The molecule has 2 N–H and O–H groups in total. The maximum Gasteiger partial charge on any atom is 0.207 e. The Morgan fingerprint density at radius 1 is 0.941 bits per heavy atom. The van der Waals surface area contributed by atoms with Crippen molar-refractivity contribution in [2.45, 2.75) is 0 Å². The molecule has 0 spiro atoms. The van der Waals surface area contributed by atoms with E-state index in [2.05, 4.69) is 20.9 Å². The van der Waals surface area contributed by atoms with Crippen LogP contribution >= 0.6 is 28.1 Å². The number of hydrogen-bond acceptors (Lipinski definition) is 5. The Morgan fingerprint density at radius 2 is 1.62 bits per heavy atom. The summed E-state index contributed by atoms with van der Waals surface area (Å²) in [4.78, 5) is 9.33. The number of pyridine rings is 1. The van der Waals surface area contributed by atoms with Gasteiger partial charge in [0, 0.05) is 10.0 Å². The van der Waals surface area contributed by atoms with Gasteiger partial charge in [-0.15, -0.1) is 0 Å². The summed E-state index contributed by atoms with van der Waals surface area (Å²) in [5.74, 6) is 0.549. The monoisotopic (exact) mass is 532 g/mol. The number of ether oxygens (including phenoxy) is 1. The van der Waals surface area contributed by atoms with Crippen LogP contribution in [0.5, 0.6) is 5.75 Å². The molecule has 0 aliphatic heterocycles. The maximum atomic E-state index is 14.7. The number of nitrogens with zero attached hydrogens (tertiary/aromatic N) is 3. The fraction of sp³-hybridized carbons (Fsp3) is 0.0385. The normalized spacial score (nSPS) is 11.0. The first-order valence-corrected chi connectivity index (χ1v) is 11.5. The lowest BCUT2D eigenvalue weighted by Crippen LogP contribution is -2.10. The lowest BCUT2D eigenvalue weighted by molar-refractivity contribution is 0.415. The Balaban J connectivity index is 1.85. The van der Waals surface area contributed by atoms with Crippen LogP contribution in [0.15, 0.2) is 83.3 Å². The predicted octanol–water partition coefficient (Wildman–Crippen LogP) is 6.98. The smallest absolute Gasteiger partial charge is 0.207 e. The number of methoxy groups -OCH3 is 1. The zero-order chi connectivity index (χ0) is 23.8. The molecule has 168 valence electrons. The molecule has 0 bridgehead atoms. The molecule has 34 heavy (non-hydrogen) atoms. The molecule has 5 rings (SSSR count). The van der Waals surface area contributed by atoms with Crippen LogP contribution in [0, 0.1) is 10.6 Å². The Labute approximate surface area is 208 Å². The Kier molecular flexibility index (Phi) is 5.85. The predicted molar refractivity (Wildman–Crippen MR) is 139 cm³/mol. The highest BCUT2D eigenvalue weighted by molar-refractivity contribution is 9.10. The molecule has 2 heterocycles. The average Bonchev–Trinajstić information content (AvgIpc) is 2.85. The standard InChI is InChI=1S/C26H18BrFN4OS/c1-33-18-12-8-15(9-13-18)19-14-21(16-6-10-17(27)11-7-16)30-25-23(19)24(29)32(26(34)31-25)22-5-3-2-4-20(22)28/h2-14H,29H2,1H3. The largest absolute Gasteiger partial charge is 0.497 e. The summed E-state index contributed by atoms with van der Waals surface area (Å²) >= 11 is 8.99. The Morgan fingerprint density at radius 3 is 2.29 bits per heavy atom. The lowest BCUT2D eigenvalue weighted by Gasteiger charge is -2.17. The summed E-state index contributed by atoms with van der Waals surface area (Å²) in [6.07, 6.45) is 0. The van der Waals surface area contributed by atoms with Crippen LogP contribution in [0.4, 0.5) is 10.2 Å². The third-order valence-electron chi connectivity index (χ3n) is 5.52. The maximum absolute atomic E-state index is 14.7. The van der Waals surface area contributed by atoms with E-state index in [1.54, 1.807) is 25.3 Å². The van der Waals surface area contributed by atoms with Crippen molar-refractivity contribution >= 4 is 45.0 Å². The van der Waals surface area contributed by atoms with Crippen molar-refractivity contribution in [3.05, 3.63) is 93.9 Å². The minimum Gasteiger partial charge on any atom is -0.497 e. The van der Waals surface area contributed by atoms with Crippen molar-refractivity contribution in [2.24, 2.45) is 0 Å². The Hall–Kier alpha value is -3.62. The fourth-order valence-corrected chi connectivity index (χ4v) is 4.40. The molecule has 5 nitrogen and oxygen atoms in total. The van der Waals surface area contributed by atoms with Gasteiger partial charge in [0.25, 0.3) is 0 Å². The van der Waals surface area contributed by atoms with E-state index in [9.17, 15) is 4.39 Å². The van der Waals surface area contributed by atoms with Gasteiger partial charge in [-0.05, 0) is 65.8 Å². The van der Waals surface area contributed by atoms with E-state index in [-0.39, 0.29) is 16.3 Å². The van der Waals surface area contributed by atoms with Gasteiger partial charge >= 0.3 is 0 Å². The van der Waals surface area contributed by atoms with Crippen LogP contribution < -0.4 is 10.5 Å². The number of hydrogen-bond donors (Lipinski definition) is 1. The number of benzene rings is 3. The molecule has 3 aromatic carbocycles. The van der Waals surface area contributed by atoms with E-state index >= 15 is 0 Å². The molecule has 5 aromatic rings. The van der Waals surface area contributed by atoms with Crippen LogP contribution in [0.2, 0.25) is 0 Å². The third kappa shape index (κ3) is 3.95. The van der Waals surface area contributed by atoms with E-state index < -0.39 is 5.82 Å². The summed E-state index contributed by atoms with van der Waals surface area (Å²) in [5, 5.41) is 0.586. The van der Waals surface area contributed by atoms with Gasteiger partial charge in [-0.1, -0.05) is 52.3 Å². The highest BCUT2D eigenvalue weighted by Gasteiger charge is 2.18. The zero-order valence-electron chi connectivity index (χ0n) is 18.0. The molecule has 8 heteroatoms. The molecule has 0 aliphatic rings. The van der Waals surface area contributed by atoms with Gasteiger partial charge in [0.2, 0.25) is 4.77 Å². The van der Waals surface area contributed by atoms with Crippen LogP contribution in [0.1, 0.15) is 0 Å². The molecule has 0 saturated heterocycles. The number of nitrogens with two attached hydrogens (primary N) is 1. The first kappa shape index (κ1) is 22.2. The van der Waals surface area contributed by atoms with E-state index in [0.29, 0.717) is 11.0 Å². The van der Waals surface area contributed by atoms with Crippen molar-refractivity contribution < 1.29 is 9.13 Å². The lowest BCUT2D eigenvalue weighted by atomic mass is 9.99. The van der Waals surface area contributed by atoms with Gasteiger partial charge in [-0.25, -0.2) is 9.37 Å². The van der Waals surface area contributed by atoms with Gasteiger partial charge in [0.1, 0.15) is 17.4 Å². The highest BCUT2D eigenvalue weighted by Crippen LogP contribution is 2.36. The molecule has 0 radical (unpaired) electrons. The van der Waals surface area contributed by atoms with Crippen LogP contribution in [-0.2, 0) is 0 Å². The molecule has 2 aromatic heterocycles. The second kappa shape index (κ2) is 8.96. The molecular formula is C26H18BrFN4OS. The summed E-state index contributed by atoms with van der Waals surface area (Å²) in [6.45, 7) is 0. The molecule has 0 amide bonds. The van der Waals surface area contributed by atoms with Gasteiger partial charge in [0.05, 0.1) is 23.9 Å². The van der Waals surface area contributed by atoms with Crippen molar-refractivity contribution in [1.29, 1.82) is 0 Å². The Bertz CT molecular complexity index is 1580. The summed E-state index contributed by atoms with van der Waals surface area (Å²) in [6, 6.07) is 23.7. The van der Waals surface area contributed by atoms with Crippen molar-refractivity contribution in [3.63, 3.8) is 0 Å². The minimum absolute atomic E-state index is 0.122. The molecule has 0 atom stereocenters. The van der Waals surface area contributed by atoms with Gasteiger partial charge in [-0.3, -0.25) is 4.57 Å². The SMILES string of the molecule is COc1ccc(-c2cc(-c3ccc(Br)cc3)nc3nc(=S)n(-c4ccccc4F)c(N)c23)cc1. The van der Waals surface area contributed by atoms with Crippen molar-refractivity contribution in [1.82, 2.24) is 14.5 Å². The van der Waals surface area contributed by atoms with Gasteiger partial charge < -0.3 is 10.5 Å². The number of halogens is 2. The highest BCUT2D eigenvalue weighted by atomic mass is 79.9. The number of aromatic nitrogens is 3. The minimum atomic E-state index is -0.447. The molecular weight excluding hydrogens is 515 g/mol. The fourth-order valence-electron chi connectivity index (χ4n) is 3.85. The molecule has 0 saturated carbocycles. The molecule has 0 aliphatic carbocycles. The second-order valence-electron chi connectivity index (χ2n) is 7.56. The van der Waals surface area contributed by atoms with Crippen LogP contribution in [-0.4, -0.2) is 21.6 Å². The summed E-state index contributed by atoms with van der Waals surface area (Å²) in [7, 11) is 1.62. The number of fused-ring (bicyclic) bond motifs is 1. The van der Waals surface area contributed by atoms with E-state index in [1.165, 1.54) is 10.6 Å². The first-order chi connectivity index (χ1) is 16.5. The zero-order valence-corrected chi connectivity index (χ0v) is 20.4. The van der Waals surface area contributed by atoms with Crippen LogP contribution in [0.3, 0.4) is 0 Å². The number of para-hydroxylation sites is 1. The topological polar surface area (TPSA) is 66.0 Å². The van der Waals surface area contributed by atoms with Gasteiger partial charge in [-0.2, -0.15) is 4.98 Å². The van der Waals surface area contributed by atoms with Crippen molar-refractivity contribution in [3.8, 4) is 33.8 Å². The van der Waals surface area contributed by atoms with Crippen LogP contribution in [0.25, 0.3) is 39.1 Å². The number of rotatable bonds is 4. The van der Waals surface area contributed by atoms with Gasteiger partial charge in [0.15, 0.2) is 5.65 Å².